The molecule has 0 amide bonds. The van der Waals surface area contributed by atoms with Gasteiger partial charge in [0.2, 0.25) is 0 Å². The molecule has 4 rings (SSSR count). The van der Waals surface area contributed by atoms with Gasteiger partial charge >= 0.3 is 0 Å². The largest absolute Gasteiger partial charge is 0.506 e. The van der Waals surface area contributed by atoms with Gasteiger partial charge in [0.25, 0.3) is 0 Å². The molecule has 0 fully saturated rings. The Morgan fingerprint density at radius 3 is 2.24 bits per heavy atom. The molecule has 140 valence electrons. The van der Waals surface area contributed by atoms with E-state index in [1.54, 1.807) is 0 Å². The van der Waals surface area contributed by atoms with Crippen LogP contribution in [0.4, 0.5) is 5.69 Å². The minimum absolute atomic E-state index is 0.168. The summed E-state index contributed by atoms with van der Waals surface area (Å²) >= 11 is 0. The normalized spacial score (nSPS) is 10.8. The predicted molar refractivity (Wildman–Crippen MR) is 118 cm³/mol. The van der Waals surface area contributed by atoms with E-state index in [1.807, 2.05) is 55.5 Å². The van der Waals surface area contributed by atoms with E-state index in [0.29, 0.717) is 5.56 Å². The van der Waals surface area contributed by atoms with Gasteiger partial charge in [0.15, 0.2) is 0 Å². The molecular weight excluding hydrogens is 356 g/mol. The van der Waals surface area contributed by atoms with Crippen LogP contribution in [0.2, 0.25) is 0 Å². The maximum absolute atomic E-state index is 10.8. The third kappa shape index (κ3) is 4.02. The first-order chi connectivity index (χ1) is 14.1. The van der Waals surface area contributed by atoms with Crippen LogP contribution in [-0.2, 0) is 0 Å². The summed E-state index contributed by atoms with van der Waals surface area (Å²) in [6, 6.07) is 28.5. The Morgan fingerprint density at radius 2 is 1.48 bits per heavy atom. The molecule has 0 bridgehead atoms. The molecule has 0 saturated heterocycles. The number of aryl methyl sites for hydroxylation is 2. The highest BCUT2D eigenvalue weighted by atomic mass is 16.3. The summed E-state index contributed by atoms with van der Waals surface area (Å²) in [7, 11) is 0. The van der Waals surface area contributed by atoms with Crippen LogP contribution in [0.25, 0.3) is 21.9 Å². The summed E-state index contributed by atoms with van der Waals surface area (Å²) in [6.45, 7) is 4.08. The Bertz CT molecular complexity index is 1260. The van der Waals surface area contributed by atoms with Gasteiger partial charge in [-0.05, 0) is 60.5 Å². The van der Waals surface area contributed by atoms with E-state index >= 15 is 0 Å². The second-order valence-electron chi connectivity index (χ2n) is 7.01. The van der Waals surface area contributed by atoms with Gasteiger partial charge in [0, 0.05) is 5.39 Å². The summed E-state index contributed by atoms with van der Waals surface area (Å²) in [4.78, 5) is 0. The van der Waals surface area contributed by atoms with Gasteiger partial charge in [-0.25, -0.2) is 0 Å². The number of rotatable bonds is 2. The lowest BCUT2D eigenvalue weighted by Gasteiger charge is -2.12. The van der Waals surface area contributed by atoms with Crippen molar-refractivity contribution in [1.29, 1.82) is 0 Å². The summed E-state index contributed by atoms with van der Waals surface area (Å²) in [6.07, 6.45) is 0. The van der Waals surface area contributed by atoms with Gasteiger partial charge in [-0.3, -0.25) is 0 Å². The second kappa shape index (κ2) is 8.00. The first-order valence-corrected chi connectivity index (χ1v) is 9.42. The summed E-state index contributed by atoms with van der Waals surface area (Å²) in [5.74, 6) is 3.12. The maximum Gasteiger partial charge on any atom is 0.139 e. The van der Waals surface area contributed by atoms with Crippen LogP contribution in [0.1, 0.15) is 16.7 Å². The average Bonchev–Trinajstić information content (AvgIpc) is 2.74. The van der Waals surface area contributed by atoms with Crippen LogP contribution >= 0.6 is 0 Å². The van der Waals surface area contributed by atoms with Gasteiger partial charge in [-0.2, -0.15) is 0 Å². The van der Waals surface area contributed by atoms with Gasteiger partial charge in [-0.1, -0.05) is 70.8 Å². The van der Waals surface area contributed by atoms with Gasteiger partial charge < -0.3 is 5.11 Å². The molecule has 3 nitrogen and oxygen atoms in total. The Balaban J connectivity index is 1.82. The maximum atomic E-state index is 10.8. The van der Waals surface area contributed by atoms with E-state index in [4.69, 9.17) is 0 Å². The minimum Gasteiger partial charge on any atom is -0.506 e. The molecule has 0 radical (unpaired) electrons. The summed E-state index contributed by atoms with van der Waals surface area (Å²) < 4.78 is 0. The van der Waals surface area contributed by atoms with E-state index in [9.17, 15) is 5.11 Å². The standard InChI is InChI=1S/C26H20N2O/c1-18-8-11-20(12-9-18)24-17-21(14-15-27-28-22-6-4-3-5-7-22)26(29)25-16-19(2)10-13-23(24)25/h3-13,16-17,29H,1-2H3. The molecule has 0 saturated carbocycles. The van der Waals surface area contributed by atoms with Crippen molar-refractivity contribution >= 4 is 16.5 Å². The average molecular weight is 376 g/mol. The number of nitrogens with zero attached hydrogens (tertiary/aromatic N) is 2. The molecule has 0 aliphatic carbocycles. The first kappa shape index (κ1) is 18.5. The van der Waals surface area contributed by atoms with Gasteiger partial charge in [0.05, 0.1) is 17.3 Å². The van der Waals surface area contributed by atoms with Crippen molar-refractivity contribution in [2.24, 2.45) is 10.2 Å². The number of fused-ring (bicyclic) bond motifs is 1. The van der Waals surface area contributed by atoms with Crippen LogP contribution in [-0.4, -0.2) is 5.11 Å². The SMILES string of the molecule is Cc1ccc(-c2cc(C#CN=Nc3ccccc3)c(O)c3cc(C)ccc23)cc1. The summed E-state index contributed by atoms with van der Waals surface area (Å²) in [5, 5.41) is 20.6. The zero-order valence-electron chi connectivity index (χ0n) is 16.3. The predicted octanol–water partition coefficient (Wildman–Crippen LogP) is 6.92. The molecule has 0 heterocycles. The number of azo groups is 1. The number of hydrogen-bond donors (Lipinski definition) is 1. The molecule has 29 heavy (non-hydrogen) atoms. The molecule has 3 heteroatoms. The fraction of sp³-hybridized carbons (Fsp3) is 0.0769. The van der Waals surface area contributed by atoms with Crippen molar-refractivity contribution in [3.63, 3.8) is 0 Å². The Hall–Kier alpha value is -3.90. The van der Waals surface area contributed by atoms with E-state index in [2.05, 4.69) is 59.4 Å². The Kier molecular flexibility index (Phi) is 5.09. The summed E-state index contributed by atoms with van der Waals surface area (Å²) in [5.41, 5.74) is 5.66. The van der Waals surface area contributed by atoms with Crippen molar-refractivity contribution in [1.82, 2.24) is 0 Å². The van der Waals surface area contributed by atoms with E-state index in [0.717, 1.165) is 33.2 Å². The van der Waals surface area contributed by atoms with Gasteiger partial charge in [-0.15, -0.1) is 5.11 Å². The lowest BCUT2D eigenvalue weighted by atomic mass is 9.93. The van der Waals surface area contributed by atoms with Crippen LogP contribution in [0, 0.1) is 25.8 Å². The zero-order valence-corrected chi connectivity index (χ0v) is 16.3. The molecule has 4 aromatic rings. The van der Waals surface area contributed by atoms with Crippen molar-refractivity contribution in [3.05, 3.63) is 95.6 Å². The van der Waals surface area contributed by atoms with Crippen LogP contribution in [0.15, 0.2) is 89.1 Å². The number of hydrogen-bond acceptors (Lipinski definition) is 3. The fourth-order valence-corrected chi connectivity index (χ4v) is 3.25. The Labute approximate surface area is 170 Å². The van der Waals surface area contributed by atoms with Crippen molar-refractivity contribution in [2.75, 3.05) is 0 Å². The van der Waals surface area contributed by atoms with E-state index < -0.39 is 0 Å². The fourth-order valence-electron chi connectivity index (χ4n) is 3.25. The quantitative estimate of drug-likeness (QED) is 0.299. The molecule has 1 N–H and O–H groups in total. The highest BCUT2D eigenvalue weighted by Crippen LogP contribution is 2.37. The van der Waals surface area contributed by atoms with Crippen molar-refractivity contribution in [3.8, 4) is 28.8 Å². The van der Waals surface area contributed by atoms with Gasteiger partial charge in [0.1, 0.15) is 5.75 Å². The molecule has 0 aromatic heterocycles. The zero-order chi connectivity index (χ0) is 20.2. The smallest absolute Gasteiger partial charge is 0.139 e. The number of phenols is 1. The molecule has 0 atom stereocenters. The van der Waals surface area contributed by atoms with Crippen molar-refractivity contribution < 1.29 is 5.11 Å². The highest BCUT2D eigenvalue weighted by molar-refractivity contribution is 6.02. The molecule has 0 unspecified atom stereocenters. The first-order valence-electron chi connectivity index (χ1n) is 9.42. The van der Waals surface area contributed by atoms with Crippen LogP contribution in [0.5, 0.6) is 5.75 Å². The Morgan fingerprint density at radius 1 is 0.759 bits per heavy atom. The molecule has 0 aliphatic heterocycles. The third-order valence-corrected chi connectivity index (χ3v) is 4.79. The number of benzene rings is 4. The van der Waals surface area contributed by atoms with Crippen LogP contribution in [0.3, 0.4) is 0 Å². The second-order valence-corrected chi connectivity index (χ2v) is 7.01. The molecular formula is C26H20N2O. The van der Waals surface area contributed by atoms with Crippen molar-refractivity contribution in [2.45, 2.75) is 13.8 Å². The monoisotopic (exact) mass is 376 g/mol. The third-order valence-electron chi connectivity index (χ3n) is 4.79. The molecule has 0 spiro atoms. The number of phenolic OH excluding ortho intramolecular Hbond substituents is 1. The van der Waals surface area contributed by atoms with E-state index in [1.165, 1.54) is 5.56 Å². The molecule has 0 aliphatic rings. The number of aromatic hydroxyl groups is 1. The highest BCUT2D eigenvalue weighted by Gasteiger charge is 2.12. The lowest BCUT2D eigenvalue weighted by Crippen LogP contribution is -1.88. The lowest BCUT2D eigenvalue weighted by molar-refractivity contribution is 0.480. The molecule has 4 aromatic carbocycles. The topological polar surface area (TPSA) is 45.0 Å². The van der Waals surface area contributed by atoms with Crippen LogP contribution < -0.4 is 0 Å². The minimum atomic E-state index is 0.168. The van der Waals surface area contributed by atoms with E-state index in [-0.39, 0.29) is 5.75 Å².